The molecule has 8 nitrogen and oxygen atoms in total. The molecule has 0 N–H and O–H groups in total. The minimum absolute atomic E-state index is 0.0322. The van der Waals surface area contributed by atoms with E-state index < -0.39 is 10.0 Å². The van der Waals surface area contributed by atoms with E-state index in [-0.39, 0.29) is 11.7 Å². The van der Waals surface area contributed by atoms with Crippen molar-refractivity contribution in [1.82, 2.24) is 19.7 Å². The quantitative estimate of drug-likeness (QED) is 0.721. The standard InChI is InChI=1S/C22H23N5O3S/c28-22(19-6-7-20-24-31(29,30)14-13-27(20)16-19)26-11-9-25(10-12-26)15-18-4-1-3-17-5-2-8-23-21(17)18/h1-8,16H,9-15H2. The first-order valence-corrected chi connectivity index (χ1v) is 11.9. The Labute approximate surface area is 181 Å². The molecule has 4 heterocycles. The molecular formula is C22H23N5O3S. The average Bonchev–Trinajstić information content (AvgIpc) is 2.78. The summed E-state index contributed by atoms with van der Waals surface area (Å²) in [7, 11) is -3.40. The Kier molecular flexibility index (Phi) is 5.07. The van der Waals surface area contributed by atoms with Gasteiger partial charge < -0.3 is 9.80 Å². The number of aromatic nitrogens is 1. The molecule has 0 radical (unpaired) electrons. The Hall–Kier alpha value is -3.04. The van der Waals surface area contributed by atoms with Crippen LogP contribution in [0.3, 0.4) is 0 Å². The van der Waals surface area contributed by atoms with Crippen LogP contribution in [0.25, 0.3) is 10.9 Å². The van der Waals surface area contributed by atoms with Crippen molar-refractivity contribution in [1.29, 1.82) is 0 Å². The second-order valence-electron chi connectivity index (χ2n) is 7.91. The summed E-state index contributed by atoms with van der Waals surface area (Å²) in [6.07, 6.45) is 6.80. The number of rotatable bonds is 3. The maximum atomic E-state index is 13.0. The van der Waals surface area contributed by atoms with Crippen molar-refractivity contribution >= 4 is 32.7 Å². The number of amides is 1. The molecule has 160 valence electrons. The van der Waals surface area contributed by atoms with Gasteiger partial charge in [-0.25, -0.2) is 8.42 Å². The average molecular weight is 438 g/mol. The Bertz CT molecular complexity index is 1220. The topological polar surface area (TPSA) is 86.2 Å². The SMILES string of the molecule is O=C(C1=CN2CCS(=O)(=O)N=C2C=C1)N1CCN(Cc2cccc3cccnc23)CC1. The monoisotopic (exact) mass is 437 g/mol. The van der Waals surface area contributed by atoms with Crippen LogP contribution in [0.2, 0.25) is 0 Å². The maximum Gasteiger partial charge on any atom is 0.256 e. The van der Waals surface area contributed by atoms with E-state index in [0.717, 1.165) is 30.5 Å². The molecule has 31 heavy (non-hydrogen) atoms. The molecule has 0 unspecified atom stereocenters. The number of nitrogens with zero attached hydrogens (tertiary/aromatic N) is 5. The molecule has 1 fully saturated rings. The van der Waals surface area contributed by atoms with Gasteiger partial charge in [-0.1, -0.05) is 24.3 Å². The molecule has 9 heteroatoms. The van der Waals surface area contributed by atoms with Gasteiger partial charge in [-0.2, -0.15) is 0 Å². The van der Waals surface area contributed by atoms with Crippen molar-refractivity contribution < 1.29 is 13.2 Å². The van der Waals surface area contributed by atoms with Gasteiger partial charge in [0.25, 0.3) is 15.9 Å². The van der Waals surface area contributed by atoms with Gasteiger partial charge >= 0.3 is 0 Å². The zero-order valence-corrected chi connectivity index (χ0v) is 17.8. The van der Waals surface area contributed by atoms with Crippen molar-refractivity contribution in [2.45, 2.75) is 6.54 Å². The summed E-state index contributed by atoms with van der Waals surface area (Å²) in [6.45, 7) is 4.01. The van der Waals surface area contributed by atoms with E-state index >= 15 is 0 Å². The highest BCUT2D eigenvalue weighted by Gasteiger charge is 2.28. The lowest BCUT2D eigenvalue weighted by molar-refractivity contribution is -0.128. The first kappa shape index (κ1) is 19.9. The van der Waals surface area contributed by atoms with Crippen molar-refractivity contribution in [2.75, 3.05) is 38.5 Å². The third kappa shape index (κ3) is 4.11. The summed E-state index contributed by atoms with van der Waals surface area (Å²) in [4.78, 5) is 23.5. The van der Waals surface area contributed by atoms with Crippen LogP contribution in [0.5, 0.6) is 0 Å². The van der Waals surface area contributed by atoms with Gasteiger partial charge in [0.1, 0.15) is 5.84 Å². The highest BCUT2D eigenvalue weighted by atomic mass is 32.2. The molecule has 0 saturated carbocycles. The van der Waals surface area contributed by atoms with E-state index in [1.165, 1.54) is 5.56 Å². The molecule has 1 aromatic heterocycles. The van der Waals surface area contributed by atoms with Gasteiger partial charge in [0, 0.05) is 57.1 Å². The summed E-state index contributed by atoms with van der Waals surface area (Å²) < 4.78 is 27.1. The third-order valence-corrected chi connectivity index (χ3v) is 7.00. The number of benzene rings is 1. The number of pyridine rings is 1. The molecule has 0 spiro atoms. The lowest BCUT2D eigenvalue weighted by Gasteiger charge is -2.36. The molecule has 0 aliphatic carbocycles. The summed E-state index contributed by atoms with van der Waals surface area (Å²) >= 11 is 0. The lowest BCUT2D eigenvalue weighted by atomic mass is 10.1. The molecule has 0 atom stereocenters. The molecule has 1 saturated heterocycles. The van der Waals surface area contributed by atoms with Crippen LogP contribution >= 0.6 is 0 Å². The van der Waals surface area contributed by atoms with Crippen molar-refractivity contribution in [3.8, 4) is 0 Å². The van der Waals surface area contributed by atoms with Crippen LogP contribution in [0.15, 0.2) is 64.9 Å². The van der Waals surface area contributed by atoms with E-state index in [9.17, 15) is 13.2 Å². The first-order valence-electron chi connectivity index (χ1n) is 10.3. The minimum atomic E-state index is -3.40. The van der Waals surface area contributed by atoms with Crippen LogP contribution in [0.4, 0.5) is 0 Å². The molecule has 1 aromatic carbocycles. The van der Waals surface area contributed by atoms with Gasteiger partial charge in [-0.3, -0.25) is 14.7 Å². The summed E-state index contributed by atoms with van der Waals surface area (Å²) in [5.74, 6) is 0.302. The minimum Gasteiger partial charge on any atom is -0.336 e. The lowest BCUT2D eigenvalue weighted by Crippen LogP contribution is -2.49. The van der Waals surface area contributed by atoms with Gasteiger partial charge in [0.2, 0.25) is 0 Å². The number of fused-ring (bicyclic) bond motifs is 2. The fraction of sp³-hybridized carbons (Fsp3) is 0.318. The third-order valence-electron chi connectivity index (χ3n) is 5.84. The largest absolute Gasteiger partial charge is 0.336 e. The van der Waals surface area contributed by atoms with E-state index in [1.807, 2.05) is 17.2 Å². The van der Waals surface area contributed by atoms with E-state index in [1.54, 1.807) is 23.3 Å². The zero-order valence-electron chi connectivity index (χ0n) is 17.0. The number of carbonyl (C=O) groups is 1. The van der Waals surface area contributed by atoms with Gasteiger partial charge in [-0.05, 0) is 23.8 Å². The van der Waals surface area contributed by atoms with Crippen LogP contribution in [-0.2, 0) is 21.4 Å². The fourth-order valence-electron chi connectivity index (χ4n) is 4.15. The van der Waals surface area contributed by atoms with Gasteiger partial charge in [-0.15, -0.1) is 4.40 Å². The predicted octanol–water partition coefficient (Wildman–Crippen LogP) is 1.38. The highest BCUT2D eigenvalue weighted by Crippen LogP contribution is 2.20. The summed E-state index contributed by atoms with van der Waals surface area (Å²) in [6, 6.07) is 10.3. The highest BCUT2D eigenvalue weighted by molar-refractivity contribution is 7.90. The second-order valence-corrected chi connectivity index (χ2v) is 9.66. The Morgan fingerprint density at radius 2 is 1.81 bits per heavy atom. The number of carbonyl (C=O) groups excluding carboxylic acids is 1. The fourth-order valence-corrected chi connectivity index (χ4v) is 5.12. The van der Waals surface area contributed by atoms with E-state index in [0.29, 0.717) is 31.0 Å². The number of hydrogen-bond donors (Lipinski definition) is 0. The first-order chi connectivity index (χ1) is 15.0. The zero-order chi connectivity index (χ0) is 21.4. The predicted molar refractivity (Wildman–Crippen MR) is 119 cm³/mol. The second kappa shape index (κ2) is 7.90. The van der Waals surface area contributed by atoms with Crippen molar-refractivity contribution in [3.63, 3.8) is 0 Å². The Morgan fingerprint density at radius 1 is 1.00 bits per heavy atom. The number of sulfonamides is 1. The van der Waals surface area contributed by atoms with Gasteiger partial charge in [0.15, 0.2) is 0 Å². The molecule has 1 amide bonds. The van der Waals surface area contributed by atoms with E-state index in [2.05, 4.69) is 38.5 Å². The van der Waals surface area contributed by atoms with Crippen LogP contribution < -0.4 is 0 Å². The molecule has 5 rings (SSSR count). The molecule has 3 aliphatic heterocycles. The smallest absolute Gasteiger partial charge is 0.256 e. The van der Waals surface area contributed by atoms with Crippen molar-refractivity contribution in [3.05, 3.63) is 66.0 Å². The number of para-hydroxylation sites is 1. The summed E-state index contributed by atoms with van der Waals surface area (Å²) in [5, 5.41) is 1.14. The number of piperazine rings is 1. The Balaban J connectivity index is 1.22. The van der Waals surface area contributed by atoms with Crippen molar-refractivity contribution in [2.24, 2.45) is 4.40 Å². The van der Waals surface area contributed by atoms with E-state index in [4.69, 9.17) is 0 Å². The van der Waals surface area contributed by atoms with Crippen LogP contribution in [-0.4, -0.2) is 78.3 Å². The molecule has 0 bridgehead atoms. The molecular weight excluding hydrogens is 414 g/mol. The number of amidine groups is 1. The van der Waals surface area contributed by atoms with Crippen LogP contribution in [0.1, 0.15) is 5.56 Å². The Morgan fingerprint density at radius 3 is 2.65 bits per heavy atom. The van der Waals surface area contributed by atoms with Gasteiger partial charge in [0.05, 0.1) is 16.8 Å². The number of hydrogen-bond acceptors (Lipinski definition) is 6. The summed E-state index contributed by atoms with van der Waals surface area (Å²) in [5.41, 5.74) is 2.79. The normalized spacial score (nSPS) is 20.9. The maximum absolute atomic E-state index is 13.0. The molecule has 2 aromatic rings. The van der Waals surface area contributed by atoms with Crippen LogP contribution in [0, 0.1) is 0 Å². The molecule has 3 aliphatic rings.